The van der Waals surface area contributed by atoms with Crippen LogP contribution in [0.1, 0.15) is 6.92 Å². The molecule has 0 amide bonds. The second-order valence-electron chi connectivity index (χ2n) is 6.57. The largest absolute Gasteiger partial charge is 0.377 e. The van der Waals surface area contributed by atoms with Gasteiger partial charge in [-0.3, -0.25) is 9.40 Å². The molecule has 144 valence electrons. The minimum atomic E-state index is -3.45. The number of nitrogens with one attached hydrogen (secondary N) is 1. The third kappa shape index (κ3) is 3.12. The molecule has 1 aliphatic rings. The van der Waals surface area contributed by atoms with Crippen molar-refractivity contribution in [2.45, 2.75) is 13.0 Å². The summed E-state index contributed by atoms with van der Waals surface area (Å²) in [4.78, 5) is 6.90. The summed E-state index contributed by atoms with van der Waals surface area (Å²) in [5.41, 5.74) is 1.07. The van der Waals surface area contributed by atoms with E-state index in [1.807, 2.05) is 0 Å². The van der Waals surface area contributed by atoms with Crippen LogP contribution in [0.15, 0.2) is 24.5 Å². The number of aromatic nitrogens is 5. The lowest BCUT2D eigenvalue weighted by atomic mass is 10.2. The van der Waals surface area contributed by atoms with Crippen LogP contribution in [0.4, 0.5) is 11.5 Å². The normalized spacial score (nSPS) is 18.2. The Morgan fingerprint density at radius 1 is 1.37 bits per heavy atom. The second-order valence-corrected chi connectivity index (χ2v) is 8.59. The minimum Gasteiger partial charge on any atom is -0.377 e. The maximum atomic E-state index is 12.2. The fraction of sp³-hybridized carbons (Fsp3) is 0.438. The van der Waals surface area contributed by atoms with E-state index >= 15 is 0 Å². The maximum absolute atomic E-state index is 12.2. The number of morpholine rings is 1. The monoisotopic (exact) mass is 391 g/mol. The molecular weight excluding hydrogens is 370 g/mol. The molecule has 4 heterocycles. The average molecular weight is 391 g/mol. The summed E-state index contributed by atoms with van der Waals surface area (Å²) >= 11 is 0. The van der Waals surface area contributed by atoms with Crippen LogP contribution in [0, 0.1) is 0 Å². The third-order valence-electron chi connectivity index (χ3n) is 4.71. The molecule has 0 unspecified atom stereocenters. The molecule has 1 atom stereocenters. The lowest BCUT2D eigenvalue weighted by Gasteiger charge is -2.34. The molecule has 0 saturated carbocycles. The SMILES string of the molecule is C[C@@H]1COCCN1c1cc(N(C)S(C)(=O)=O)c2cnn(-c3cc[nH]n3)c2n1. The number of anilines is 2. The molecule has 1 aliphatic heterocycles. The highest BCUT2D eigenvalue weighted by molar-refractivity contribution is 7.92. The fourth-order valence-corrected chi connectivity index (χ4v) is 3.67. The van der Waals surface area contributed by atoms with Gasteiger partial charge in [0.25, 0.3) is 0 Å². The highest BCUT2D eigenvalue weighted by Gasteiger charge is 2.25. The highest BCUT2D eigenvalue weighted by Crippen LogP contribution is 2.32. The number of sulfonamides is 1. The highest BCUT2D eigenvalue weighted by atomic mass is 32.2. The van der Waals surface area contributed by atoms with Crippen molar-refractivity contribution in [3.8, 4) is 5.82 Å². The van der Waals surface area contributed by atoms with Gasteiger partial charge in [0.2, 0.25) is 10.0 Å². The molecule has 10 nitrogen and oxygen atoms in total. The predicted molar refractivity (Wildman–Crippen MR) is 102 cm³/mol. The van der Waals surface area contributed by atoms with Gasteiger partial charge in [0, 0.05) is 31.9 Å². The number of pyridine rings is 1. The first-order valence-corrected chi connectivity index (χ1v) is 10.4. The third-order valence-corrected chi connectivity index (χ3v) is 5.90. The maximum Gasteiger partial charge on any atom is 0.232 e. The Morgan fingerprint density at radius 3 is 2.85 bits per heavy atom. The zero-order valence-electron chi connectivity index (χ0n) is 15.3. The Balaban J connectivity index is 1.95. The van der Waals surface area contributed by atoms with E-state index in [9.17, 15) is 8.42 Å². The molecule has 27 heavy (non-hydrogen) atoms. The zero-order chi connectivity index (χ0) is 19.2. The van der Waals surface area contributed by atoms with Gasteiger partial charge in [0.1, 0.15) is 5.82 Å². The van der Waals surface area contributed by atoms with Gasteiger partial charge in [0.05, 0.1) is 42.8 Å². The van der Waals surface area contributed by atoms with E-state index in [1.165, 1.54) is 17.6 Å². The van der Waals surface area contributed by atoms with Crippen LogP contribution in [-0.4, -0.2) is 72.5 Å². The van der Waals surface area contributed by atoms with E-state index in [0.29, 0.717) is 48.1 Å². The quantitative estimate of drug-likeness (QED) is 0.699. The molecule has 0 aliphatic carbocycles. The first-order chi connectivity index (χ1) is 12.9. The Bertz CT molecular complexity index is 1060. The smallest absolute Gasteiger partial charge is 0.232 e. The Morgan fingerprint density at radius 2 is 2.19 bits per heavy atom. The number of H-pyrrole nitrogens is 1. The summed E-state index contributed by atoms with van der Waals surface area (Å²) in [6, 6.07) is 3.70. The van der Waals surface area contributed by atoms with Gasteiger partial charge < -0.3 is 9.64 Å². The lowest BCUT2D eigenvalue weighted by molar-refractivity contribution is 0.0985. The van der Waals surface area contributed by atoms with Gasteiger partial charge in [-0.1, -0.05) is 0 Å². The standard InChI is InChI=1S/C16H21N7O3S/c1-11-10-26-7-6-22(11)15-8-13(21(2)27(3,24)25)12-9-18-23(16(12)19-15)14-4-5-17-20-14/h4-5,8-9,11H,6-7,10H2,1-3H3,(H,17,20)/t11-/m1/s1. The number of aromatic amines is 1. The molecule has 3 aromatic heterocycles. The molecule has 0 bridgehead atoms. The van der Waals surface area contributed by atoms with Crippen molar-refractivity contribution < 1.29 is 13.2 Å². The van der Waals surface area contributed by atoms with Gasteiger partial charge in [-0.05, 0) is 6.92 Å². The Kier molecular flexibility index (Phi) is 4.27. The van der Waals surface area contributed by atoms with Crippen molar-refractivity contribution in [3.63, 3.8) is 0 Å². The fourth-order valence-electron chi connectivity index (χ4n) is 3.16. The molecule has 0 radical (unpaired) electrons. The van der Waals surface area contributed by atoms with Crippen LogP contribution < -0.4 is 9.21 Å². The summed E-state index contributed by atoms with van der Waals surface area (Å²) in [6.07, 6.45) is 4.48. The molecule has 1 saturated heterocycles. The van der Waals surface area contributed by atoms with Crippen molar-refractivity contribution >= 4 is 32.6 Å². The molecule has 0 aromatic carbocycles. The van der Waals surface area contributed by atoms with Gasteiger partial charge >= 0.3 is 0 Å². The molecular formula is C16H21N7O3S. The Hall–Kier alpha value is -2.66. The number of ether oxygens (including phenoxy) is 1. The summed E-state index contributed by atoms with van der Waals surface area (Å²) in [6.45, 7) is 3.92. The number of hydrogen-bond donors (Lipinski definition) is 1. The molecule has 3 aromatic rings. The van der Waals surface area contributed by atoms with E-state index < -0.39 is 10.0 Å². The van der Waals surface area contributed by atoms with Crippen LogP contribution in [0.2, 0.25) is 0 Å². The number of nitrogens with zero attached hydrogens (tertiary/aromatic N) is 6. The van der Waals surface area contributed by atoms with E-state index in [1.54, 1.807) is 29.2 Å². The lowest BCUT2D eigenvalue weighted by Crippen LogP contribution is -2.44. The molecule has 4 rings (SSSR count). The van der Waals surface area contributed by atoms with Gasteiger partial charge in [-0.15, -0.1) is 0 Å². The van der Waals surface area contributed by atoms with Crippen LogP contribution in [-0.2, 0) is 14.8 Å². The van der Waals surface area contributed by atoms with Gasteiger partial charge in [-0.25, -0.2) is 13.4 Å². The van der Waals surface area contributed by atoms with Crippen LogP contribution >= 0.6 is 0 Å². The molecule has 1 N–H and O–H groups in total. The first kappa shape index (κ1) is 17.7. The predicted octanol–water partition coefficient (Wildman–Crippen LogP) is 0.764. The van der Waals surface area contributed by atoms with Crippen molar-refractivity contribution in [2.75, 3.05) is 42.3 Å². The van der Waals surface area contributed by atoms with E-state index in [2.05, 4.69) is 27.1 Å². The average Bonchev–Trinajstić information content (AvgIpc) is 3.29. The van der Waals surface area contributed by atoms with Crippen molar-refractivity contribution in [2.24, 2.45) is 0 Å². The van der Waals surface area contributed by atoms with Crippen LogP contribution in [0.5, 0.6) is 0 Å². The second kappa shape index (κ2) is 6.50. The first-order valence-electron chi connectivity index (χ1n) is 8.53. The van der Waals surface area contributed by atoms with Crippen molar-refractivity contribution in [3.05, 3.63) is 24.5 Å². The van der Waals surface area contributed by atoms with Crippen LogP contribution in [0.3, 0.4) is 0 Å². The number of fused-ring (bicyclic) bond motifs is 1. The summed E-state index contributed by atoms with van der Waals surface area (Å²) in [5.74, 6) is 1.26. The number of hydrogen-bond acceptors (Lipinski definition) is 7. The van der Waals surface area contributed by atoms with Gasteiger partial charge in [-0.2, -0.15) is 14.9 Å². The minimum absolute atomic E-state index is 0.127. The van der Waals surface area contributed by atoms with Crippen molar-refractivity contribution in [1.29, 1.82) is 0 Å². The molecule has 11 heteroatoms. The molecule has 0 spiro atoms. The van der Waals surface area contributed by atoms with Crippen LogP contribution in [0.25, 0.3) is 16.9 Å². The number of rotatable bonds is 4. The Labute approximate surface area is 156 Å². The van der Waals surface area contributed by atoms with E-state index in [4.69, 9.17) is 9.72 Å². The summed E-state index contributed by atoms with van der Waals surface area (Å²) in [7, 11) is -1.92. The molecule has 1 fully saturated rings. The zero-order valence-corrected chi connectivity index (χ0v) is 16.1. The van der Waals surface area contributed by atoms with E-state index in [-0.39, 0.29) is 6.04 Å². The van der Waals surface area contributed by atoms with Gasteiger partial charge in [0.15, 0.2) is 11.5 Å². The van der Waals surface area contributed by atoms with Crippen molar-refractivity contribution in [1.82, 2.24) is 25.0 Å². The van der Waals surface area contributed by atoms with E-state index in [0.717, 1.165) is 0 Å². The summed E-state index contributed by atoms with van der Waals surface area (Å²) in [5, 5.41) is 11.9. The summed E-state index contributed by atoms with van der Waals surface area (Å²) < 4.78 is 32.7. The topological polar surface area (TPSA) is 109 Å².